The molecule has 0 spiro atoms. The largest absolute Gasteiger partial charge is 0.454 e. The van der Waals surface area contributed by atoms with Crippen molar-refractivity contribution in [2.45, 2.75) is 0 Å². The van der Waals surface area contributed by atoms with Gasteiger partial charge in [0.1, 0.15) is 11.2 Å². The van der Waals surface area contributed by atoms with Crippen LogP contribution in [0.25, 0.3) is 121 Å². The highest BCUT2D eigenvalue weighted by molar-refractivity contribution is 6.32. The Bertz CT molecular complexity index is 3420. The first-order valence-electron chi connectivity index (χ1n) is 17.8. The summed E-state index contributed by atoms with van der Waals surface area (Å²) in [4.78, 5) is 0. The van der Waals surface area contributed by atoms with Crippen LogP contribution in [-0.4, -0.2) is 8.97 Å². The Balaban J connectivity index is 1.12. The zero-order valence-corrected chi connectivity index (χ0v) is 27.7. The van der Waals surface area contributed by atoms with Gasteiger partial charge in [0.05, 0.1) is 27.6 Å². The molecule has 0 radical (unpaired) electrons. The van der Waals surface area contributed by atoms with Crippen molar-refractivity contribution in [1.29, 1.82) is 0 Å². The van der Waals surface area contributed by atoms with E-state index in [9.17, 15) is 0 Å². The predicted octanol–water partition coefficient (Wildman–Crippen LogP) is 13.4. The summed E-state index contributed by atoms with van der Waals surface area (Å²) in [7, 11) is 0. The molecule has 5 heterocycles. The summed E-state index contributed by atoms with van der Waals surface area (Å²) < 4.78 is 18.2. The van der Waals surface area contributed by atoms with Gasteiger partial charge in [0.25, 0.3) is 0 Å². The molecule has 240 valence electrons. The SMILES string of the molecule is c1ccc2c(c1)oc1c2ccc2c3cc(-c4ccc(-n5c6ccccc6c6ccccc65)cc4)cc4c5ccc6c7ccccc7oc6c5n(c34)c21. The molecule has 52 heavy (non-hydrogen) atoms. The maximum atomic E-state index is 6.72. The molecule has 0 fully saturated rings. The predicted molar refractivity (Wildman–Crippen MR) is 215 cm³/mol. The third kappa shape index (κ3) is 3.23. The first-order valence-corrected chi connectivity index (χ1v) is 17.8. The topological polar surface area (TPSA) is 35.6 Å². The number of hydrogen-bond acceptors (Lipinski definition) is 2. The molecular weight excluding hydrogens is 637 g/mol. The minimum absolute atomic E-state index is 0.896. The van der Waals surface area contributed by atoms with Crippen molar-refractivity contribution in [2.75, 3.05) is 0 Å². The molecule has 5 aromatic heterocycles. The molecule has 0 aliphatic rings. The first-order chi connectivity index (χ1) is 25.8. The van der Waals surface area contributed by atoms with Crippen LogP contribution in [0.5, 0.6) is 0 Å². The third-order valence-electron chi connectivity index (χ3n) is 11.4. The molecule has 0 atom stereocenters. The van der Waals surface area contributed by atoms with Gasteiger partial charge in [-0.15, -0.1) is 0 Å². The maximum Gasteiger partial charge on any atom is 0.160 e. The smallest absolute Gasteiger partial charge is 0.160 e. The number of nitrogens with zero attached hydrogens (tertiary/aromatic N) is 2. The van der Waals surface area contributed by atoms with Crippen LogP contribution in [0, 0.1) is 0 Å². The molecule has 0 unspecified atom stereocenters. The fourth-order valence-corrected chi connectivity index (χ4v) is 9.22. The molecule has 0 saturated carbocycles. The molecule has 13 rings (SSSR count). The van der Waals surface area contributed by atoms with E-state index >= 15 is 0 Å². The van der Waals surface area contributed by atoms with Crippen LogP contribution in [0.4, 0.5) is 0 Å². The Morgan fingerprint density at radius 3 is 1.33 bits per heavy atom. The highest BCUT2D eigenvalue weighted by Gasteiger charge is 2.25. The van der Waals surface area contributed by atoms with Crippen molar-refractivity contribution in [3.63, 3.8) is 0 Å². The average Bonchev–Trinajstić information content (AvgIpc) is 4.00. The Morgan fingerprint density at radius 1 is 0.327 bits per heavy atom. The first kappa shape index (κ1) is 26.8. The molecule has 0 N–H and O–H groups in total. The molecule has 4 nitrogen and oxygen atoms in total. The number of aromatic nitrogens is 2. The zero-order chi connectivity index (χ0) is 33.7. The average molecular weight is 663 g/mol. The van der Waals surface area contributed by atoms with E-state index in [0.717, 1.165) is 60.6 Å². The highest BCUT2D eigenvalue weighted by atomic mass is 16.3. The van der Waals surface area contributed by atoms with Gasteiger partial charge in [0.2, 0.25) is 0 Å². The van der Waals surface area contributed by atoms with Gasteiger partial charge in [-0.3, -0.25) is 0 Å². The minimum Gasteiger partial charge on any atom is -0.454 e. The van der Waals surface area contributed by atoms with Crippen LogP contribution in [0.15, 0.2) is 167 Å². The van der Waals surface area contributed by atoms with Gasteiger partial charge in [-0.05, 0) is 71.8 Å². The van der Waals surface area contributed by atoms with Gasteiger partial charge >= 0.3 is 0 Å². The van der Waals surface area contributed by atoms with Crippen LogP contribution >= 0.6 is 0 Å². The van der Waals surface area contributed by atoms with Crippen molar-refractivity contribution in [3.05, 3.63) is 158 Å². The summed E-state index contributed by atoms with van der Waals surface area (Å²) >= 11 is 0. The van der Waals surface area contributed by atoms with Crippen LogP contribution in [0.1, 0.15) is 0 Å². The fourth-order valence-electron chi connectivity index (χ4n) is 9.22. The van der Waals surface area contributed by atoms with E-state index in [1.165, 1.54) is 60.0 Å². The van der Waals surface area contributed by atoms with E-state index < -0.39 is 0 Å². The lowest BCUT2D eigenvalue weighted by atomic mass is 9.98. The molecule has 0 saturated heterocycles. The second-order valence-corrected chi connectivity index (χ2v) is 14.0. The molecule has 0 aliphatic carbocycles. The van der Waals surface area contributed by atoms with E-state index in [-0.39, 0.29) is 0 Å². The molecule has 4 heteroatoms. The second kappa shape index (κ2) is 9.39. The number of rotatable bonds is 2. The lowest BCUT2D eigenvalue weighted by molar-refractivity contribution is 0.670. The van der Waals surface area contributed by atoms with E-state index in [4.69, 9.17) is 8.83 Å². The van der Waals surface area contributed by atoms with E-state index in [1.54, 1.807) is 0 Å². The summed E-state index contributed by atoms with van der Waals surface area (Å²) in [6.45, 7) is 0. The Morgan fingerprint density at radius 2 is 0.788 bits per heavy atom. The Hall–Kier alpha value is -7.04. The summed E-state index contributed by atoms with van der Waals surface area (Å²) in [5.74, 6) is 0. The van der Waals surface area contributed by atoms with Gasteiger partial charge in [0, 0.05) is 59.5 Å². The van der Waals surface area contributed by atoms with Crippen molar-refractivity contribution in [3.8, 4) is 16.8 Å². The summed E-state index contributed by atoms with van der Waals surface area (Å²) in [6, 6.07) is 56.8. The van der Waals surface area contributed by atoms with Gasteiger partial charge in [-0.1, -0.05) is 97.1 Å². The van der Waals surface area contributed by atoms with Crippen molar-refractivity contribution < 1.29 is 8.83 Å². The van der Waals surface area contributed by atoms with Crippen LogP contribution in [0.3, 0.4) is 0 Å². The summed E-state index contributed by atoms with van der Waals surface area (Å²) in [5.41, 5.74) is 12.9. The Labute approximate surface area is 295 Å². The zero-order valence-electron chi connectivity index (χ0n) is 27.7. The fraction of sp³-hybridized carbons (Fsp3) is 0. The van der Waals surface area contributed by atoms with Gasteiger partial charge in [-0.2, -0.15) is 0 Å². The molecular formula is C48H26N2O2. The number of benzene rings is 8. The third-order valence-corrected chi connectivity index (χ3v) is 11.4. The number of furan rings is 2. The van der Waals surface area contributed by atoms with Crippen LogP contribution < -0.4 is 0 Å². The van der Waals surface area contributed by atoms with Crippen molar-refractivity contribution in [1.82, 2.24) is 8.97 Å². The number of para-hydroxylation sites is 4. The summed E-state index contributed by atoms with van der Waals surface area (Å²) in [5, 5.41) is 11.8. The molecule has 0 aliphatic heterocycles. The molecule has 13 aromatic rings. The molecule has 8 aromatic carbocycles. The normalized spacial score (nSPS) is 12.6. The minimum atomic E-state index is 0.896. The maximum absolute atomic E-state index is 6.72. The van der Waals surface area contributed by atoms with Gasteiger partial charge in [-0.25, -0.2) is 0 Å². The quantitative estimate of drug-likeness (QED) is 0.185. The van der Waals surface area contributed by atoms with E-state index in [0.29, 0.717) is 0 Å². The number of fused-ring (bicyclic) bond motifs is 17. The van der Waals surface area contributed by atoms with Crippen LogP contribution in [-0.2, 0) is 0 Å². The van der Waals surface area contributed by atoms with E-state index in [2.05, 4.69) is 155 Å². The van der Waals surface area contributed by atoms with E-state index in [1.807, 2.05) is 12.1 Å². The summed E-state index contributed by atoms with van der Waals surface area (Å²) in [6.07, 6.45) is 0. The standard InChI is InChI=1S/C48H26N2O2/c1-5-13-40-30(9-1)31-10-2-6-14-41(31)49(40)29-19-17-27(18-20-29)28-25-38-34-21-23-36-32-11-3-7-15-42(32)51-47(36)45(34)50-44(38)39(26-28)35-22-24-37-33-12-4-8-16-43(33)52-48(37)46(35)50/h1-26H. The van der Waals surface area contributed by atoms with Crippen molar-refractivity contribution in [2.24, 2.45) is 0 Å². The van der Waals surface area contributed by atoms with Crippen molar-refractivity contribution >= 4 is 104 Å². The lowest BCUT2D eigenvalue weighted by Gasteiger charge is -2.10. The second-order valence-electron chi connectivity index (χ2n) is 14.0. The monoisotopic (exact) mass is 662 g/mol. The number of hydrogen-bond donors (Lipinski definition) is 0. The van der Waals surface area contributed by atoms with Gasteiger partial charge < -0.3 is 17.8 Å². The highest BCUT2D eigenvalue weighted by Crippen LogP contribution is 2.47. The lowest BCUT2D eigenvalue weighted by Crippen LogP contribution is -1.93. The molecule has 0 bridgehead atoms. The van der Waals surface area contributed by atoms with Crippen LogP contribution in [0.2, 0.25) is 0 Å². The Kier molecular flexibility index (Phi) is 4.83. The molecule has 0 amide bonds. The van der Waals surface area contributed by atoms with Gasteiger partial charge in [0.15, 0.2) is 11.2 Å².